The van der Waals surface area contributed by atoms with Gasteiger partial charge in [-0.15, -0.1) is 0 Å². The first kappa shape index (κ1) is 9.68. The van der Waals surface area contributed by atoms with Crippen LogP contribution >= 0.6 is 0 Å². The molecule has 3 N–H and O–H groups in total. The summed E-state index contributed by atoms with van der Waals surface area (Å²) in [5.41, 5.74) is 8.21. The van der Waals surface area contributed by atoms with Gasteiger partial charge in [0.25, 0.3) is 0 Å². The highest BCUT2D eigenvalue weighted by molar-refractivity contribution is 5.21. The number of rotatable bonds is 2. The number of nitrogens with two attached hydrogens (primary N) is 1. The van der Waals surface area contributed by atoms with E-state index in [2.05, 4.69) is 9.97 Å². The summed E-state index contributed by atoms with van der Waals surface area (Å²) < 4.78 is 5.21. The molecular formula is C10H17N3O. The number of hydrogen-bond donors (Lipinski definition) is 2. The van der Waals surface area contributed by atoms with Crippen LogP contribution in [0.1, 0.15) is 49.1 Å². The number of H-pyrrole nitrogens is 1. The lowest BCUT2D eigenvalue weighted by molar-refractivity contribution is 0.112. The molecule has 2 rings (SSSR count). The molecule has 1 aromatic rings. The van der Waals surface area contributed by atoms with Gasteiger partial charge >= 0.3 is 0 Å². The molecule has 2 atom stereocenters. The van der Waals surface area contributed by atoms with Crippen LogP contribution in [0.15, 0.2) is 0 Å². The van der Waals surface area contributed by atoms with E-state index in [-0.39, 0.29) is 12.1 Å². The highest BCUT2D eigenvalue weighted by atomic mass is 16.5. The highest BCUT2D eigenvalue weighted by Crippen LogP contribution is 2.27. The van der Waals surface area contributed by atoms with E-state index in [1.807, 2.05) is 6.92 Å². The third-order valence-electron chi connectivity index (χ3n) is 2.86. The van der Waals surface area contributed by atoms with Gasteiger partial charge in [-0.05, 0) is 26.2 Å². The Morgan fingerprint density at radius 3 is 3.07 bits per heavy atom. The molecule has 1 aromatic heterocycles. The average molecular weight is 195 g/mol. The topological polar surface area (TPSA) is 63.9 Å². The molecule has 4 heteroatoms. The average Bonchev–Trinajstić information content (AvgIpc) is 2.62. The Morgan fingerprint density at radius 2 is 2.43 bits per heavy atom. The van der Waals surface area contributed by atoms with Gasteiger partial charge in [-0.3, -0.25) is 0 Å². The van der Waals surface area contributed by atoms with Crippen LogP contribution in [0.2, 0.25) is 0 Å². The Hall–Kier alpha value is -0.870. The molecule has 0 fully saturated rings. The number of aromatic nitrogens is 2. The van der Waals surface area contributed by atoms with Crippen molar-refractivity contribution in [2.24, 2.45) is 5.73 Å². The molecule has 0 spiro atoms. The van der Waals surface area contributed by atoms with Crippen LogP contribution in [-0.2, 0) is 11.2 Å². The smallest absolute Gasteiger partial charge is 0.135 e. The van der Waals surface area contributed by atoms with Gasteiger partial charge in [0, 0.05) is 18.8 Å². The monoisotopic (exact) mass is 195 g/mol. The number of fused-ring (bicyclic) bond motifs is 1. The minimum atomic E-state index is 0.0211. The van der Waals surface area contributed by atoms with Gasteiger partial charge in [-0.2, -0.15) is 0 Å². The van der Waals surface area contributed by atoms with Crippen molar-refractivity contribution in [3.8, 4) is 0 Å². The molecule has 1 aliphatic rings. The minimum absolute atomic E-state index is 0.0211. The van der Waals surface area contributed by atoms with Crippen molar-refractivity contribution in [2.75, 3.05) is 7.11 Å². The fourth-order valence-electron chi connectivity index (χ4n) is 1.88. The Labute approximate surface area is 83.9 Å². The maximum atomic E-state index is 5.98. The normalized spacial score (nSPS) is 23.2. The fourth-order valence-corrected chi connectivity index (χ4v) is 1.88. The number of aryl methyl sites for hydroxylation is 1. The second-order valence-corrected chi connectivity index (χ2v) is 3.86. The predicted molar refractivity (Wildman–Crippen MR) is 53.9 cm³/mol. The summed E-state index contributed by atoms with van der Waals surface area (Å²) in [7, 11) is 1.69. The molecule has 78 valence electrons. The quantitative estimate of drug-likeness (QED) is 0.750. The van der Waals surface area contributed by atoms with Crippen LogP contribution in [0, 0.1) is 0 Å². The maximum Gasteiger partial charge on any atom is 0.135 e. The number of methoxy groups -OCH3 is 1. The summed E-state index contributed by atoms with van der Waals surface area (Å²) in [4.78, 5) is 7.80. The molecule has 1 aliphatic carbocycles. The van der Waals surface area contributed by atoms with E-state index >= 15 is 0 Å². The van der Waals surface area contributed by atoms with Crippen LogP contribution in [-0.4, -0.2) is 17.1 Å². The lowest BCUT2D eigenvalue weighted by atomic mass is 9.97. The molecule has 0 radical (unpaired) electrons. The molecule has 14 heavy (non-hydrogen) atoms. The molecule has 0 saturated carbocycles. The van der Waals surface area contributed by atoms with E-state index in [9.17, 15) is 0 Å². The van der Waals surface area contributed by atoms with E-state index in [1.54, 1.807) is 7.11 Å². The Balaban J connectivity index is 2.30. The summed E-state index contributed by atoms with van der Waals surface area (Å²) in [5.74, 6) is 0.898. The molecule has 2 unspecified atom stereocenters. The van der Waals surface area contributed by atoms with Crippen molar-refractivity contribution in [1.29, 1.82) is 0 Å². The van der Waals surface area contributed by atoms with Crippen molar-refractivity contribution in [2.45, 2.75) is 38.3 Å². The van der Waals surface area contributed by atoms with Gasteiger partial charge in [0.2, 0.25) is 0 Å². The van der Waals surface area contributed by atoms with Crippen molar-refractivity contribution < 1.29 is 4.74 Å². The molecule has 1 heterocycles. The molecule has 0 bridgehead atoms. The van der Waals surface area contributed by atoms with Gasteiger partial charge in [0.05, 0.1) is 5.69 Å². The first-order valence-corrected chi connectivity index (χ1v) is 5.09. The molecule has 0 saturated heterocycles. The molecule has 4 nitrogen and oxygen atoms in total. The Kier molecular flexibility index (Phi) is 2.56. The van der Waals surface area contributed by atoms with Gasteiger partial charge in [0.15, 0.2) is 0 Å². The molecular weight excluding hydrogens is 178 g/mol. The van der Waals surface area contributed by atoms with Crippen LogP contribution in [0.5, 0.6) is 0 Å². The number of aromatic amines is 1. The highest BCUT2D eigenvalue weighted by Gasteiger charge is 2.22. The number of imidazole rings is 1. The summed E-state index contributed by atoms with van der Waals surface area (Å²) in [5, 5.41) is 0. The summed E-state index contributed by atoms with van der Waals surface area (Å²) in [6.07, 6.45) is 3.27. The maximum absolute atomic E-state index is 5.98. The molecule has 0 amide bonds. The van der Waals surface area contributed by atoms with E-state index < -0.39 is 0 Å². The molecule has 0 aromatic carbocycles. The number of nitrogens with one attached hydrogen (secondary N) is 1. The fraction of sp³-hybridized carbons (Fsp3) is 0.700. The van der Waals surface area contributed by atoms with E-state index in [0.717, 1.165) is 30.8 Å². The van der Waals surface area contributed by atoms with Gasteiger partial charge in [-0.1, -0.05) is 0 Å². The van der Waals surface area contributed by atoms with Crippen LogP contribution in [0.3, 0.4) is 0 Å². The second-order valence-electron chi connectivity index (χ2n) is 3.86. The zero-order valence-electron chi connectivity index (χ0n) is 8.71. The van der Waals surface area contributed by atoms with Crippen LogP contribution in [0.4, 0.5) is 0 Å². The third-order valence-corrected chi connectivity index (χ3v) is 2.86. The van der Waals surface area contributed by atoms with Crippen molar-refractivity contribution in [1.82, 2.24) is 9.97 Å². The zero-order valence-corrected chi connectivity index (χ0v) is 8.71. The predicted octanol–water partition coefficient (Wildman–Crippen LogP) is 1.45. The summed E-state index contributed by atoms with van der Waals surface area (Å²) in [6, 6.07) is 0.104. The van der Waals surface area contributed by atoms with E-state index in [0.29, 0.717) is 0 Å². The molecule has 0 aliphatic heterocycles. The third kappa shape index (κ3) is 1.55. The Bertz CT molecular complexity index is 321. The number of nitrogens with zero attached hydrogens (tertiary/aromatic N) is 1. The van der Waals surface area contributed by atoms with Gasteiger partial charge in [-0.25, -0.2) is 4.98 Å². The van der Waals surface area contributed by atoms with Gasteiger partial charge < -0.3 is 15.5 Å². The number of hydrogen-bond acceptors (Lipinski definition) is 3. The second kappa shape index (κ2) is 3.71. The minimum Gasteiger partial charge on any atom is -0.374 e. The first-order chi connectivity index (χ1) is 6.72. The lowest BCUT2D eigenvalue weighted by Crippen LogP contribution is -2.17. The van der Waals surface area contributed by atoms with Crippen LogP contribution in [0.25, 0.3) is 0 Å². The first-order valence-electron chi connectivity index (χ1n) is 5.09. The SMILES string of the molecule is COC(C)c1nc2c([nH]1)CCCC2N. The van der Waals surface area contributed by atoms with Crippen LogP contribution < -0.4 is 5.73 Å². The lowest BCUT2D eigenvalue weighted by Gasteiger charge is -2.15. The standard InChI is InChI=1S/C10H17N3O/c1-6(14-2)10-12-8-5-3-4-7(11)9(8)13-10/h6-7H,3-5,11H2,1-2H3,(H,12,13). The Morgan fingerprint density at radius 1 is 1.64 bits per heavy atom. The summed E-state index contributed by atoms with van der Waals surface area (Å²) >= 11 is 0. The summed E-state index contributed by atoms with van der Waals surface area (Å²) in [6.45, 7) is 1.98. The van der Waals surface area contributed by atoms with Crippen molar-refractivity contribution >= 4 is 0 Å². The van der Waals surface area contributed by atoms with E-state index in [4.69, 9.17) is 10.5 Å². The number of ether oxygens (including phenoxy) is 1. The van der Waals surface area contributed by atoms with Crippen molar-refractivity contribution in [3.05, 3.63) is 17.2 Å². The van der Waals surface area contributed by atoms with Crippen molar-refractivity contribution in [3.63, 3.8) is 0 Å². The van der Waals surface area contributed by atoms with E-state index in [1.165, 1.54) is 5.69 Å². The van der Waals surface area contributed by atoms with Gasteiger partial charge in [0.1, 0.15) is 11.9 Å². The zero-order chi connectivity index (χ0) is 10.1. The largest absolute Gasteiger partial charge is 0.374 e.